The number of carbonyl (C=O) groups is 2. The predicted molar refractivity (Wildman–Crippen MR) is 233 cm³/mol. The van der Waals surface area contributed by atoms with Crippen LogP contribution in [0.3, 0.4) is 0 Å². The third kappa shape index (κ3) is 43.1. The summed E-state index contributed by atoms with van der Waals surface area (Å²) in [6.07, 6.45) is 55.4. The number of unbranched alkanes of at least 4 members (excludes halogenated alkanes) is 32. The zero-order valence-corrected chi connectivity index (χ0v) is 36.3. The lowest BCUT2D eigenvalue weighted by Crippen LogP contribution is -2.28. The van der Waals surface area contributed by atoms with Crippen molar-refractivity contribution < 1.29 is 24.2 Å². The van der Waals surface area contributed by atoms with Gasteiger partial charge in [-0.1, -0.05) is 224 Å². The van der Waals surface area contributed by atoms with E-state index in [0.29, 0.717) is 12.8 Å². The Hall–Kier alpha value is -1.62. The molecule has 0 heterocycles. The van der Waals surface area contributed by atoms with Gasteiger partial charge in [-0.2, -0.15) is 0 Å². The zero-order valence-electron chi connectivity index (χ0n) is 36.3. The van der Waals surface area contributed by atoms with Gasteiger partial charge in [0, 0.05) is 12.8 Å². The van der Waals surface area contributed by atoms with Crippen molar-refractivity contribution in [2.45, 2.75) is 264 Å². The first-order valence-corrected chi connectivity index (χ1v) is 23.9. The number of ether oxygens (including phenoxy) is 2. The fourth-order valence-corrected chi connectivity index (χ4v) is 7.12. The Morgan fingerprint density at radius 1 is 0.426 bits per heavy atom. The van der Waals surface area contributed by atoms with Crippen LogP contribution in [0.1, 0.15) is 258 Å². The average Bonchev–Trinajstić information content (AvgIpc) is 3.17. The Morgan fingerprint density at radius 2 is 0.741 bits per heavy atom. The van der Waals surface area contributed by atoms with Crippen molar-refractivity contribution in [3.8, 4) is 0 Å². The van der Waals surface area contributed by atoms with Crippen molar-refractivity contribution >= 4 is 11.9 Å². The summed E-state index contributed by atoms with van der Waals surface area (Å²) < 4.78 is 10.7. The highest BCUT2D eigenvalue weighted by molar-refractivity contribution is 5.70. The number of carbonyl (C=O) groups excluding carboxylic acids is 2. The van der Waals surface area contributed by atoms with E-state index in [2.05, 4.69) is 38.2 Å². The van der Waals surface area contributed by atoms with E-state index in [-0.39, 0.29) is 25.2 Å². The molecule has 0 spiro atoms. The molecule has 5 nitrogen and oxygen atoms in total. The molecule has 0 saturated carbocycles. The van der Waals surface area contributed by atoms with Crippen LogP contribution in [0.15, 0.2) is 24.3 Å². The van der Waals surface area contributed by atoms with Crippen molar-refractivity contribution in [1.29, 1.82) is 0 Å². The summed E-state index contributed by atoms with van der Waals surface area (Å²) in [5.74, 6) is -0.581. The Bertz CT molecular complexity index is 821. The van der Waals surface area contributed by atoms with Crippen LogP contribution in [0.4, 0.5) is 0 Å². The van der Waals surface area contributed by atoms with Gasteiger partial charge in [-0.05, 0) is 44.9 Å². The first-order valence-electron chi connectivity index (χ1n) is 23.9. The molecule has 0 rings (SSSR count). The first-order chi connectivity index (χ1) is 26.6. The van der Waals surface area contributed by atoms with E-state index >= 15 is 0 Å². The third-order valence-corrected chi connectivity index (χ3v) is 10.7. The lowest BCUT2D eigenvalue weighted by molar-refractivity contribution is -0.161. The van der Waals surface area contributed by atoms with Crippen molar-refractivity contribution in [2.24, 2.45) is 0 Å². The summed E-state index contributed by atoms with van der Waals surface area (Å²) in [6.45, 7) is 4.15. The Balaban J connectivity index is 3.47. The molecule has 0 aromatic heterocycles. The van der Waals surface area contributed by atoms with Gasteiger partial charge in [-0.25, -0.2) is 0 Å². The van der Waals surface area contributed by atoms with Crippen LogP contribution in [0, 0.1) is 0 Å². The SMILES string of the molecule is CCCCCC=CCC=CCCCCCCCCCCCC(=O)OC[C@H](CO)OC(=O)CCCCCCCCCCCCCCCCCCCCCCC. The van der Waals surface area contributed by atoms with Crippen molar-refractivity contribution in [1.82, 2.24) is 0 Å². The highest BCUT2D eigenvalue weighted by Crippen LogP contribution is 2.16. The van der Waals surface area contributed by atoms with Gasteiger partial charge in [0.2, 0.25) is 0 Å². The zero-order chi connectivity index (χ0) is 39.3. The van der Waals surface area contributed by atoms with Crippen LogP contribution in [-0.2, 0) is 19.1 Å². The van der Waals surface area contributed by atoms with Crippen LogP contribution in [0.25, 0.3) is 0 Å². The third-order valence-electron chi connectivity index (χ3n) is 10.7. The number of aliphatic hydroxyl groups is 1. The highest BCUT2D eigenvalue weighted by Gasteiger charge is 2.16. The van der Waals surface area contributed by atoms with Gasteiger partial charge >= 0.3 is 11.9 Å². The fourth-order valence-electron chi connectivity index (χ4n) is 7.12. The van der Waals surface area contributed by atoms with E-state index in [1.165, 1.54) is 186 Å². The molecule has 0 saturated heterocycles. The van der Waals surface area contributed by atoms with E-state index in [9.17, 15) is 14.7 Å². The van der Waals surface area contributed by atoms with E-state index in [1.54, 1.807) is 0 Å². The molecule has 0 unspecified atom stereocenters. The molecule has 1 N–H and O–H groups in total. The second-order valence-corrected chi connectivity index (χ2v) is 16.2. The van der Waals surface area contributed by atoms with Gasteiger partial charge in [0.25, 0.3) is 0 Å². The van der Waals surface area contributed by atoms with Crippen LogP contribution >= 0.6 is 0 Å². The van der Waals surface area contributed by atoms with Gasteiger partial charge in [0.05, 0.1) is 6.61 Å². The standard InChI is InChI=1S/C49H92O5/c1-3-5-7-9-11-13-15-17-19-21-23-24-26-28-30-32-34-36-38-40-42-44-49(52)54-47(45-50)46-53-48(51)43-41-39-37-35-33-31-29-27-25-22-20-18-16-14-12-10-8-6-4-2/h12,14,18,20,47,50H,3-11,13,15-17,19,21-46H2,1-2H3/t47-/m0/s1. The monoisotopic (exact) mass is 761 g/mol. The molecule has 0 bridgehead atoms. The molecule has 0 aliphatic rings. The number of rotatable bonds is 44. The highest BCUT2D eigenvalue weighted by atomic mass is 16.6. The summed E-state index contributed by atoms with van der Waals surface area (Å²) in [7, 11) is 0. The van der Waals surface area contributed by atoms with Crippen molar-refractivity contribution in [3.05, 3.63) is 24.3 Å². The number of hydrogen-bond acceptors (Lipinski definition) is 5. The van der Waals surface area contributed by atoms with E-state index in [1.807, 2.05) is 0 Å². The normalized spacial score (nSPS) is 12.3. The first kappa shape index (κ1) is 52.4. The van der Waals surface area contributed by atoms with E-state index in [0.717, 1.165) is 44.9 Å². The van der Waals surface area contributed by atoms with Gasteiger partial charge in [-0.15, -0.1) is 0 Å². The number of allylic oxidation sites excluding steroid dienone is 4. The molecule has 0 aromatic rings. The van der Waals surface area contributed by atoms with Crippen molar-refractivity contribution in [3.63, 3.8) is 0 Å². The molecule has 0 aliphatic heterocycles. The van der Waals surface area contributed by atoms with Gasteiger partial charge in [0.15, 0.2) is 6.10 Å². The number of hydrogen-bond donors (Lipinski definition) is 1. The lowest BCUT2D eigenvalue weighted by Gasteiger charge is -2.15. The maximum Gasteiger partial charge on any atom is 0.306 e. The summed E-state index contributed by atoms with van der Waals surface area (Å²) in [5, 5.41) is 9.61. The summed E-state index contributed by atoms with van der Waals surface area (Å²) >= 11 is 0. The molecular formula is C49H92O5. The minimum absolute atomic E-state index is 0.0631. The fraction of sp³-hybridized carbons (Fsp3) is 0.878. The summed E-state index contributed by atoms with van der Waals surface area (Å²) in [5.41, 5.74) is 0. The van der Waals surface area contributed by atoms with Crippen LogP contribution in [0.5, 0.6) is 0 Å². The van der Waals surface area contributed by atoms with Gasteiger partial charge < -0.3 is 14.6 Å². The quantitative estimate of drug-likeness (QED) is 0.0380. The molecule has 5 heteroatoms. The lowest BCUT2D eigenvalue weighted by atomic mass is 10.0. The van der Waals surface area contributed by atoms with E-state index in [4.69, 9.17) is 9.47 Å². The predicted octanol–water partition coefficient (Wildman–Crippen LogP) is 15.4. The number of esters is 2. The van der Waals surface area contributed by atoms with Crippen molar-refractivity contribution in [2.75, 3.05) is 13.2 Å². The van der Waals surface area contributed by atoms with Crippen LogP contribution < -0.4 is 0 Å². The Kier molecular flexibility index (Phi) is 44.4. The van der Waals surface area contributed by atoms with Gasteiger partial charge in [-0.3, -0.25) is 9.59 Å². The minimum atomic E-state index is -0.769. The molecule has 0 aliphatic carbocycles. The molecule has 0 fully saturated rings. The second kappa shape index (κ2) is 45.8. The maximum atomic E-state index is 12.2. The second-order valence-electron chi connectivity index (χ2n) is 16.2. The minimum Gasteiger partial charge on any atom is -0.462 e. The topological polar surface area (TPSA) is 72.8 Å². The smallest absolute Gasteiger partial charge is 0.306 e. The van der Waals surface area contributed by atoms with Crippen LogP contribution in [-0.4, -0.2) is 36.4 Å². The number of aliphatic hydroxyl groups excluding tert-OH is 1. The molecular weight excluding hydrogens is 669 g/mol. The summed E-state index contributed by atoms with van der Waals surface area (Å²) in [4.78, 5) is 24.4. The molecule has 318 valence electrons. The average molecular weight is 761 g/mol. The maximum absolute atomic E-state index is 12.2. The van der Waals surface area contributed by atoms with Gasteiger partial charge in [0.1, 0.15) is 6.61 Å². The summed E-state index contributed by atoms with van der Waals surface area (Å²) in [6, 6.07) is 0. The van der Waals surface area contributed by atoms with Crippen LogP contribution in [0.2, 0.25) is 0 Å². The Morgan fingerprint density at radius 3 is 1.13 bits per heavy atom. The molecule has 54 heavy (non-hydrogen) atoms. The Labute approximate surface area is 336 Å². The largest absolute Gasteiger partial charge is 0.462 e. The molecule has 0 amide bonds. The van der Waals surface area contributed by atoms with E-state index < -0.39 is 6.10 Å². The molecule has 1 atom stereocenters. The molecule has 0 aromatic carbocycles. The molecule has 0 radical (unpaired) electrons.